The van der Waals surface area contributed by atoms with Crippen molar-refractivity contribution in [2.24, 2.45) is 0 Å². The molecule has 1 aliphatic rings. The van der Waals surface area contributed by atoms with Crippen LogP contribution in [0, 0.1) is 0 Å². The predicted octanol–water partition coefficient (Wildman–Crippen LogP) is 1.10. The van der Waals surface area contributed by atoms with Gasteiger partial charge in [0.1, 0.15) is 18.4 Å². The molecule has 0 aliphatic carbocycles. The number of urea groups is 1. The van der Waals surface area contributed by atoms with E-state index in [0.717, 1.165) is 10.5 Å². The van der Waals surface area contributed by atoms with Crippen LogP contribution < -0.4 is 5.32 Å². The van der Waals surface area contributed by atoms with Crippen molar-refractivity contribution in [3.63, 3.8) is 0 Å². The normalized spacial score (nSPS) is 17.6. The molecule has 0 spiro atoms. The number of carbonyl (C=O) groups is 3. The SMILES string of the molecule is COCCN(Cc1ccccc1)C(=O)CN1C(=O)N[C@](C)(c2cccc(-n3cnnn3)c2)C1=O. The third kappa shape index (κ3) is 4.64. The van der Waals surface area contributed by atoms with Crippen LogP contribution in [0.25, 0.3) is 5.69 Å². The zero-order valence-corrected chi connectivity index (χ0v) is 18.9. The van der Waals surface area contributed by atoms with Crippen molar-refractivity contribution in [3.8, 4) is 5.69 Å². The van der Waals surface area contributed by atoms with Crippen molar-refractivity contribution in [2.75, 3.05) is 26.8 Å². The molecular weight excluding hydrogens is 438 g/mol. The molecule has 4 rings (SSSR count). The summed E-state index contributed by atoms with van der Waals surface area (Å²) in [7, 11) is 1.55. The fourth-order valence-corrected chi connectivity index (χ4v) is 3.81. The number of amides is 4. The first-order chi connectivity index (χ1) is 16.4. The van der Waals surface area contributed by atoms with E-state index >= 15 is 0 Å². The van der Waals surface area contributed by atoms with Gasteiger partial charge in [0.25, 0.3) is 5.91 Å². The van der Waals surface area contributed by atoms with Crippen LogP contribution in [-0.4, -0.2) is 74.7 Å². The average molecular weight is 463 g/mol. The summed E-state index contributed by atoms with van der Waals surface area (Å²) in [4.78, 5) is 41.8. The van der Waals surface area contributed by atoms with Crippen LogP contribution in [0.3, 0.4) is 0 Å². The monoisotopic (exact) mass is 463 g/mol. The minimum atomic E-state index is -1.34. The van der Waals surface area contributed by atoms with Gasteiger partial charge in [-0.05, 0) is 40.6 Å². The van der Waals surface area contributed by atoms with E-state index in [1.54, 1.807) is 43.2 Å². The Morgan fingerprint density at radius 1 is 1.15 bits per heavy atom. The molecule has 1 N–H and O–H groups in total. The lowest BCUT2D eigenvalue weighted by Gasteiger charge is -2.25. The number of aromatic nitrogens is 4. The Morgan fingerprint density at radius 3 is 2.65 bits per heavy atom. The maximum Gasteiger partial charge on any atom is 0.325 e. The first-order valence-electron chi connectivity index (χ1n) is 10.7. The van der Waals surface area contributed by atoms with E-state index in [1.807, 2.05) is 30.3 Å². The van der Waals surface area contributed by atoms with Crippen LogP contribution in [-0.2, 0) is 26.4 Å². The minimum Gasteiger partial charge on any atom is -0.383 e. The first-order valence-corrected chi connectivity index (χ1v) is 10.7. The third-order valence-corrected chi connectivity index (χ3v) is 5.74. The molecule has 2 heterocycles. The van der Waals surface area contributed by atoms with Gasteiger partial charge in [0, 0.05) is 20.2 Å². The topological polar surface area (TPSA) is 123 Å². The molecular formula is C23H25N7O4. The number of tetrazole rings is 1. The predicted molar refractivity (Wildman–Crippen MR) is 120 cm³/mol. The number of nitrogens with one attached hydrogen (secondary N) is 1. The van der Waals surface area contributed by atoms with Gasteiger partial charge in [-0.25, -0.2) is 9.48 Å². The number of nitrogens with zero attached hydrogens (tertiary/aromatic N) is 6. The van der Waals surface area contributed by atoms with Crippen LogP contribution in [0.5, 0.6) is 0 Å². The maximum absolute atomic E-state index is 13.4. The van der Waals surface area contributed by atoms with Crippen molar-refractivity contribution in [3.05, 3.63) is 72.1 Å². The van der Waals surface area contributed by atoms with Crippen molar-refractivity contribution in [2.45, 2.75) is 19.0 Å². The maximum atomic E-state index is 13.4. The van der Waals surface area contributed by atoms with Crippen molar-refractivity contribution < 1.29 is 19.1 Å². The van der Waals surface area contributed by atoms with Crippen molar-refractivity contribution >= 4 is 17.8 Å². The van der Waals surface area contributed by atoms with Gasteiger partial charge in [0.2, 0.25) is 5.91 Å². The number of benzene rings is 2. The third-order valence-electron chi connectivity index (χ3n) is 5.74. The highest BCUT2D eigenvalue weighted by Crippen LogP contribution is 2.30. The number of hydrogen-bond donors (Lipinski definition) is 1. The zero-order valence-electron chi connectivity index (χ0n) is 18.9. The summed E-state index contributed by atoms with van der Waals surface area (Å²) in [6, 6.07) is 15.9. The van der Waals surface area contributed by atoms with Crippen LogP contribution in [0.1, 0.15) is 18.1 Å². The Kier molecular flexibility index (Phi) is 6.64. The average Bonchev–Trinajstić information content (AvgIpc) is 3.46. The molecule has 1 atom stereocenters. The van der Waals surface area contributed by atoms with E-state index in [9.17, 15) is 14.4 Å². The molecule has 34 heavy (non-hydrogen) atoms. The summed E-state index contributed by atoms with van der Waals surface area (Å²) >= 11 is 0. The summed E-state index contributed by atoms with van der Waals surface area (Å²) in [6.07, 6.45) is 1.43. The Hall–Kier alpha value is -4.12. The van der Waals surface area contributed by atoms with Crippen LogP contribution in [0.2, 0.25) is 0 Å². The lowest BCUT2D eigenvalue weighted by atomic mass is 9.91. The molecule has 0 unspecified atom stereocenters. The Bertz CT molecular complexity index is 1170. The van der Waals surface area contributed by atoms with Crippen LogP contribution in [0.4, 0.5) is 4.79 Å². The molecule has 0 bridgehead atoms. The van der Waals surface area contributed by atoms with E-state index in [4.69, 9.17) is 4.74 Å². The molecule has 11 heteroatoms. The van der Waals surface area contributed by atoms with Crippen molar-refractivity contribution in [1.82, 2.24) is 35.3 Å². The first kappa shape index (κ1) is 23.1. The Labute approximate surface area is 196 Å². The van der Waals surface area contributed by atoms with Gasteiger partial charge in [-0.1, -0.05) is 42.5 Å². The van der Waals surface area contributed by atoms with Gasteiger partial charge in [0.05, 0.1) is 12.3 Å². The van der Waals surface area contributed by atoms with Crippen LogP contribution in [0.15, 0.2) is 60.9 Å². The second kappa shape index (κ2) is 9.79. The van der Waals surface area contributed by atoms with Crippen LogP contribution >= 0.6 is 0 Å². The molecule has 2 aromatic carbocycles. The van der Waals surface area contributed by atoms with E-state index in [0.29, 0.717) is 30.9 Å². The fourth-order valence-electron chi connectivity index (χ4n) is 3.81. The molecule has 0 radical (unpaired) electrons. The molecule has 176 valence electrons. The van der Waals surface area contributed by atoms with E-state index in [-0.39, 0.29) is 12.5 Å². The van der Waals surface area contributed by atoms with Gasteiger partial charge in [-0.3, -0.25) is 14.5 Å². The molecule has 4 amide bonds. The highest BCUT2D eigenvalue weighted by atomic mass is 16.5. The number of methoxy groups -OCH3 is 1. The summed E-state index contributed by atoms with van der Waals surface area (Å²) in [6.45, 7) is 2.25. The number of hydrogen-bond acceptors (Lipinski definition) is 7. The molecule has 1 aliphatic heterocycles. The summed E-state index contributed by atoms with van der Waals surface area (Å²) in [5.41, 5.74) is 0.787. The molecule has 1 saturated heterocycles. The Morgan fingerprint density at radius 2 is 1.94 bits per heavy atom. The number of imide groups is 1. The summed E-state index contributed by atoms with van der Waals surface area (Å²) < 4.78 is 6.59. The molecule has 3 aromatic rings. The zero-order chi connectivity index (χ0) is 24.1. The number of rotatable bonds is 9. The molecule has 0 saturated carbocycles. The van der Waals surface area contributed by atoms with Gasteiger partial charge >= 0.3 is 6.03 Å². The highest BCUT2D eigenvalue weighted by Gasteiger charge is 2.49. The standard InChI is InChI=1S/C23H25N7O4/c1-23(18-9-6-10-19(13-18)30-16-24-26-27-30)21(32)29(22(33)25-23)15-20(31)28(11-12-34-2)14-17-7-4-3-5-8-17/h3-10,13,16H,11-12,14-15H2,1-2H3,(H,25,33)/t23-/m1/s1. The highest BCUT2D eigenvalue weighted by molar-refractivity contribution is 6.09. The summed E-state index contributed by atoms with van der Waals surface area (Å²) in [5, 5.41) is 13.8. The molecule has 11 nitrogen and oxygen atoms in total. The lowest BCUT2D eigenvalue weighted by molar-refractivity contribution is -0.139. The minimum absolute atomic E-state index is 0.332. The second-order valence-electron chi connectivity index (χ2n) is 8.04. The largest absolute Gasteiger partial charge is 0.383 e. The van der Waals surface area contributed by atoms with Gasteiger partial charge in [-0.15, -0.1) is 5.10 Å². The number of carbonyl (C=O) groups excluding carboxylic acids is 3. The van der Waals surface area contributed by atoms with E-state index in [2.05, 4.69) is 20.8 Å². The van der Waals surface area contributed by atoms with Gasteiger partial charge in [0.15, 0.2) is 0 Å². The van der Waals surface area contributed by atoms with E-state index in [1.165, 1.54) is 11.0 Å². The van der Waals surface area contributed by atoms with E-state index < -0.39 is 17.5 Å². The number of ether oxygens (including phenoxy) is 1. The summed E-state index contributed by atoms with van der Waals surface area (Å²) in [5.74, 6) is -0.859. The fraction of sp³-hybridized carbons (Fsp3) is 0.304. The van der Waals surface area contributed by atoms with Gasteiger partial charge < -0.3 is 15.0 Å². The van der Waals surface area contributed by atoms with Gasteiger partial charge in [-0.2, -0.15) is 0 Å². The lowest BCUT2D eigenvalue weighted by Crippen LogP contribution is -2.45. The Balaban J connectivity index is 1.52. The molecule has 1 aromatic heterocycles. The second-order valence-corrected chi connectivity index (χ2v) is 8.04. The molecule has 1 fully saturated rings. The smallest absolute Gasteiger partial charge is 0.325 e. The van der Waals surface area contributed by atoms with Crippen molar-refractivity contribution in [1.29, 1.82) is 0 Å². The quantitative estimate of drug-likeness (QED) is 0.472.